The van der Waals surface area contributed by atoms with Gasteiger partial charge < -0.3 is 14.9 Å². The molecule has 0 aromatic carbocycles. The first kappa shape index (κ1) is 18.8. The number of ether oxygens (including phenoxy) is 1. The molecule has 0 spiro atoms. The summed E-state index contributed by atoms with van der Waals surface area (Å²) in [5.74, 6) is 0.675. The predicted molar refractivity (Wildman–Crippen MR) is 79.3 cm³/mol. The van der Waals surface area contributed by atoms with Gasteiger partial charge in [0.2, 0.25) is 0 Å². The van der Waals surface area contributed by atoms with E-state index in [1.165, 1.54) is 0 Å². The lowest BCUT2D eigenvalue weighted by Gasteiger charge is -2.28. The summed E-state index contributed by atoms with van der Waals surface area (Å²) >= 11 is 0. The van der Waals surface area contributed by atoms with Crippen molar-refractivity contribution in [3.05, 3.63) is 0 Å². The highest BCUT2D eigenvalue weighted by Crippen LogP contribution is 2.22. The molecule has 0 amide bonds. The molecule has 3 atom stereocenters. The molecule has 1 fully saturated rings. The van der Waals surface area contributed by atoms with Gasteiger partial charge in [-0.1, -0.05) is 13.8 Å². The average Bonchev–Trinajstić information content (AvgIpc) is 2.94. The molecule has 0 radical (unpaired) electrons. The molecule has 1 aliphatic heterocycles. The van der Waals surface area contributed by atoms with Gasteiger partial charge in [0.15, 0.2) is 0 Å². The maximum Gasteiger partial charge on any atom is 0.0694 e. The maximum absolute atomic E-state index is 10.00. The van der Waals surface area contributed by atoms with Crippen LogP contribution in [0.15, 0.2) is 0 Å². The maximum atomic E-state index is 10.00. The molecule has 4 heteroatoms. The van der Waals surface area contributed by atoms with Gasteiger partial charge in [-0.15, -0.1) is 0 Å². The Kier molecular flexibility index (Phi) is 8.83. The van der Waals surface area contributed by atoms with Gasteiger partial charge in [-0.3, -0.25) is 4.90 Å². The van der Waals surface area contributed by atoms with Crippen LogP contribution in [0.4, 0.5) is 0 Å². The van der Waals surface area contributed by atoms with Crippen molar-refractivity contribution in [2.24, 2.45) is 5.92 Å². The van der Waals surface area contributed by atoms with Crippen LogP contribution in [0.3, 0.4) is 0 Å². The Hall–Kier alpha value is -0.160. The van der Waals surface area contributed by atoms with Gasteiger partial charge >= 0.3 is 0 Å². The summed E-state index contributed by atoms with van der Waals surface area (Å²) in [5.41, 5.74) is -0.215. The van der Waals surface area contributed by atoms with Crippen LogP contribution < -0.4 is 0 Å². The largest absolute Gasteiger partial charge is 0.400 e. The van der Waals surface area contributed by atoms with E-state index in [1.54, 1.807) is 0 Å². The molecular weight excluding hydrogens is 242 g/mol. The molecule has 0 saturated carbocycles. The molecule has 2 N–H and O–H groups in total. The first-order valence-corrected chi connectivity index (χ1v) is 7.31. The second kappa shape index (κ2) is 8.90. The average molecular weight is 275 g/mol. The fraction of sp³-hybridized carbons (Fsp3) is 1.00. The van der Waals surface area contributed by atoms with Crippen molar-refractivity contribution in [3.8, 4) is 0 Å². The lowest BCUT2D eigenvalue weighted by atomic mass is 10.00. The molecule has 0 bridgehead atoms. The van der Waals surface area contributed by atoms with Gasteiger partial charge in [-0.2, -0.15) is 0 Å². The van der Waals surface area contributed by atoms with Gasteiger partial charge in [0.1, 0.15) is 0 Å². The fourth-order valence-electron chi connectivity index (χ4n) is 2.08. The van der Waals surface area contributed by atoms with Crippen molar-refractivity contribution in [1.82, 2.24) is 4.90 Å². The van der Waals surface area contributed by atoms with E-state index in [1.807, 2.05) is 0 Å². The van der Waals surface area contributed by atoms with Crippen molar-refractivity contribution < 1.29 is 14.9 Å². The van der Waals surface area contributed by atoms with Crippen molar-refractivity contribution >= 4 is 0 Å². The molecule has 0 aromatic heterocycles. The zero-order valence-electron chi connectivity index (χ0n) is 13.5. The quantitative estimate of drug-likeness (QED) is 0.664. The molecule has 3 unspecified atom stereocenters. The second-order valence-electron chi connectivity index (χ2n) is 6.45. The van der Waals surface area contributed by atoms with Crippen LogP contribution in [-0.2, 0) is 4.74 Å². The first-order valence-electron chi connectivity index (χ1n) is 7.31. The summed E-state index contributed by atoms with van der Waals surface area (Å²) in [5, 5.41) is 17.0. The van der Waals surface area contributed by atoms with Crippen molar-refractivity contribution in [2.75, 3.05) is 26.8 Å². The fourth-order valence-corrected chi connectivity index (χ4v) is 2.08. The van der Waals surface area contributed by atoms with Gasteiger partial charge in [-0.05, 0) is 33.1 Å². The molecule has 4 nitrogen and oxygen atoms in total. The van der Waals surface area contributed by atoms with E-state index in [4.69, 9.17) is 9.84 Å². The van der Waals surface area contributed by atoms with E-state index in [-0.39, 0.29) is 11.7 Å². The van der Waals surface area contributed by atoms with Crippen LogP contribution in [0.25, 0.3) is 0 Å². The summed E-state index contributed by atoms with van der Waals surface area (Å²) in [4.78, 5) is 2.29. The van der Waals surface area contributed by atoms with Crippen LogP contribution in [-0.4, -0.2) is 59.7 Å². The number of rotatable bonds is 8. The molecule has 1 heterocycles. The highest BCUT2D eigenvalue weighted by molar-refractivity contribution is 4.87. The van der Waals surface area contributed by atoms with Crippen LogP contribution in [0.2, 0.25) is 0 Å². The van der Waals surface area contributed by atoms with Crippen molar-refractivity contribution in [1.29, 1.82) is 0 Å². The summed E-state index contributed by atoms with van der Waals surface area (Å²) in [7, 11) is 1.00. The Bertz CT molecular complexity index is 231. The lowest BCUT2D eigenvalue weighted by Crippen LogP contribution is -2.34. The lowest BCUT2D eigenvalue weighted by molar-refractivity contribution is -0.0540. The minimum atomic E-state index is -0.269. The third-order valence-electron chi connectivity index (χ3n) is 3.35. The zero-order chi connectivity index (χ0) is 15.1. The van der Waals surface area contributed by atoms with E-state index in [9.17, 15) is 5.11 Å². The van der Waals surface area contributed by atoms with Crippen molar-refractivity contribution in [2.45, 2.75) is 65.2 Å². The monoisotopic (exact) mass is 275 g/mol. The topological polar surface area (TPSA) is 52.7 Å². The van der Waals surface area contributed by atoms with Crippen LogP contribution >= 0.6 is 0 Å². The predicted octanol–water partition coefficient (Wildman–Crippen LogP) is 1.89. The number of aliphatic hydroxyl groups excluding tert-OH is 2. The Morgan fingerprint density at radius 1 is 1.32 bits per heavy atom. The first-order chi connectivity index (χ1) is 8.80. The normalized spacial score (nSPS) is 23.8. The second-order valence-corrected chi connectivity index (χ2v) is 6.45. The van der Waals surface area contributed by atoms with Crippen LogP contribution in [0.5, 0.6) is 0 Å². The molecular formula is C15H33NO3. The van der Waals surface area contributed by atoms with E-state index in [0.29, 0.717) is 18.4 Å². The molecule has 116 valence electrons. The van der Waals surface area contributed by atoms with E-state index < -0.39 is 0 Å². The van der Waals surface area contributed by atoms with E-state index in [0.717, 1.165) is 33.2 Å². The summed E-state index contributed by atoms with van der Waals surface area (Å²) < 4.78 is 5.86. The Balaban J connectivity index is 0.00000154. The smallest absolute Gasteiger partial charge is 0.0694 e. The van der Waals surface area contributed by atoms with E-state index in [2.05, 4.69) is 39.5 Å². The van der Waals surface area contributed by atoms with Gasteiger partial charge in [0, 0.05) is 39.3 Å². The van der Waals surface area contributed by atoms with E-state index >= 15 is 0 Å². The van der Waals surface area contributed by atoms with Crippen LogP contribution in [0.1, 0.15) is 47.5 Å². The van der Waals surface area contributed by atoms with Gasteiger partial charge in [0.25, 0.3) is 0 Å². The molecule has 1 aliphatic rings. The Morgan fingerprint density at radius 3 is 2.26 bits per heavy atom. The Labute approximate surface area is 118 Å². The number of β-amino-alcohol motifs (C(OH)–C–C–N with tert-alkyl or cyclic N) is 1. The molecule has 1 rings (SSSR count). The minimum Gasteiger partial charge on any atom is -0.400 e. The number of aliphatic hydroxyl groups is 2. The zero-order valence-corrected chi connectivity index (χ0v) is 13.5. The highest BCUT2D eigenvalue weighted by Gasteiger charge is 2.32. The van der Waals surface area contributed by atoms with Gasteiger partial charge in [-0.25, -0.2) is 0 Å². The third kappa shape index (κ3) is 9.38. The molecule has 1 saturated heterocycles. The Morgan fingerprint density at radius 2 is 1.84 bits per heavy atom. The number of nitrogens with zero attached hydrogens (tertiary/aromatic N) is 1. The SMILES string of the molecule is CC(C)CCOC(C)(C)CC(O)CN1CC1C.CO. The van der Waals surface area contributed by atoms with Crippen LogP contribution in [0, 0.1) is 5.92 Å². The summed E-state index contributed by atoms with van der Waals surface area (Å²) in [6, 6.07) is 0.662. The molecule has 0 aliphatic carbocycles. The molecule has 0 aromatic rings. The third-order valence-corrected chi connectivity index (χ3v) is 3.35. The highest BCUT2D eigenvalue weighted by atomic mass is 16.5. The standard InChI is InChI=1S/C14H29NO2.CH4O/c1-11(2)6-7-17-14(4,5)8-13(16)10-15-9-12(15)3;1-2/h11-13,16H,6-10H2,1-5H3;2H,1H3. The minimum absolute atomic E-state index is 0.215. The summed E-state index contributed by atoms with van der Waals surface area (Å²) in [6.07, 6.45) is 1.53. The number of hydrogen-bond donors (Lipinski definition) is 2. The van der Waals surface area contributed by atoms with Gasteiger partial charge in [0.05, 0.1) is 11.7 Å². The summed E-state index contributed by atoms with van der Waals surface area (Å²) in [6.45, 7) is 13.4. The number of hydrogen-bond acceptors (Lipinski definition) is 4. The van der Waals surface area contributed by atoms with Crippen molar-refractivity contribution in [3.63, 3.8) is 0 Å². The molecule has 19 heavy (non-hydrogen) atoms.